The van der Waals surface area contributed by atoms with Gasteiger partial charge in [0.1, 0.15) is 19.3 Å². The number of hydrogen-bond donors (Lipinski definition) is 1. The first kappa shape index (κ1) is 76.2. The molecule has 78 heavy (non-hydrogen) atoms. The molecule has 0 aromatic heterocycles. The third-order valence-corrected chi connectivity index (χ3v) is 16.3. The van der Waals surface area contributed by atoms with Crippen molar-refractivity contribution in [2.24, 2.45) is 0 Å². The van der Waals surface area contributed by atoms with Crippen molar-refractivity contribution in [1.29, 1.82) is 0 Å². The molecule has 0 heterocycles. The van der Waals surface area contributed by atoms with Gasteiger partial charge < -0.3 is 28.5 Å². The Morgan fingerprint density at radius 2 is 0.744 bits per heavy atom. The number of unbranched alkanes of at least 4 members (excludes halogenated alkanes) is 42. The Balaban J connectivity index is 5.05. The number of phosphoric ester groups is 1. The highest BCUT2D eigenvalue weighted by atomic mass is 31.2. The Hall–Kier alpha value is -1.77. The van der Waals surface area contributed by atoms with Gasteiger partial charge in [-0.15, -0.1) is 0 Å². The summed E-state index contributed by atoms with van der Waals surface area (Å²) < 4.78 is 30.4. The van der Waals surface area contributed by atoms with Crippen molar-refractivity contribution < 1.29 is 37.3 Å². The lowest BCUT2D eigenvalue weighted by molar-refractivity contribution is -0.870. The van der Waals surface area contributed by atoms with Gasteiger partial charge in [0.25, 0.3) is 7.82 Å². The highest BCUT2D eigenvalue weighted by Crippen LogP contribution is 2.38. The number of quaternary nitrogens is 1. The lowest BCUT2D eigenvalue weighted by atomic mass is 10.0. The summed E-state index contributed by atoms with van der Waals surface area (Å²) in [5.41, 5.74) is 0. The van der Waals surface area contributed by atoms with Gasteiger partial charge in [-0.3, -0.25) is 14.2 Å². The van der Waals surface area contributed by atoms with Crippen LogP contribution < -0.4 is 10.2 Å². The predicted octanol–water partition coefficient (Wildman–Crippen LogP) is 20.4. The van der Waals surface area contributed by atoms with E-state index in [0.29, 0.717) is 17.4 Å². The lowest BCUT2D eigenvalue weighted by Gasteiger charge is -2.30. The van der Waals surface area contributed by atoms with E-state index in [9.17, 15) is 19.0 Å². The van der Waals surface area contributed by atoms with Crippen LogP contribution in [-0.2, 0) is 27.9 Å². The molecule has 1 amide bonds. The first-order valence-electron chi connectivity index (χ1n) is 33.8. The first-order chi connectivity index (χ1) is 37.9. The van der Waals surface area contributed by atoms with E-state index in [-0.39, 0.29) is 31.5 Å². The molecular formula is C68H131N2O7P. The molecule has 0 fully saturated rings. The normalized spacial score (nSPS) is 13.8. The minimum Gasteiger partial charge on any atom is -0.756 e. The van der Waals surface area contributed by atoms with Crippen LogP contribution in [-0.4, -0.2) is 69.4 Å². The van der Waals surface area contributed by atoms with Crippen LogP contribution in [0.25, 0.3) is 0 Å². The fourth-order valence-corrected chi connectivity index (χ4v) is 10.8. The number of amides is 1. The van der Waals surface area contributed by atoms with Crippen LogP contribution in [0.3, 0.4) is 0 Å². The minimum atomic E-state index is -4.70. The number of allylic oxidation sites excluding steroid dienone is 5. The van der Waals surface area contributed by atoms with Crippen molar-refractivity contribution in [2.45, 2.75) is 348 Å². The zero-order chi connectivity index (χ0) is 57.2. The molecule has 460 valence electrons. The number of likely N-dealkylation sites (N-methyl/N-ethyl adjacent to an activating group) is 1. The number of rotatable bonds is 62. The van der Waals surface area contributed by atoms with Gasteiger partial charge in [0, 0.05) is 12.8 Å². The lowest BCUT2D eigenvalue weighted by Crippen LogP contribution is -2.47. The molecule has 10 heteroatoms. The molecule has 0 aromatic rings. The molecule has 0 spiro atoms. The van der Waals surface area contributed by atoms with Crippen molar-refractivity contribution in [3.8, 4) is 0 Å². The van der Waals surface area contributed by atoms with Crippen molar-refractivity contribution in [3.63, 3.8) is 0 Å². The van der Waals surface area contributed by atoms with Gasteiger partial charge in [0.15, 0.2) is 0 Å². The molecule has 0 saturated heterocycles. The Bertz CT molecular complexity index is 1430. The van der Waals surface area contributed by atoms with Crippen molar-refractivity contribution in [3.05, 3.63) is 36.5 Å². The molecule has 3 unspecified atom stereocenters. The van der Waals surface area contributed by atoms with Crippen LogP contribution in [0.5, 0.6) is 0 Å². The number of carbonyl (C=O) groups is 2. The summed E-state index contributed by atoms with van der Waals surface area (Å²) in [6, 6.07) is -0.887. The maximum absolute atomic E-state index is 13.6. The van der Waals surface area contributed by atoms with Crippen molar-refractivity contribution in [2.75, 3.05) is 40.9 Å². The predicted molar refractivity (Wildman–Crippen MR) is 335 cm³/mol. The number of hydrogen-bond acceptors (Lipinski definition) is 7. The van der Waals surface area contributed by atoms with Gasteiger partial charge >= 0.3 is 5.97 Å². The largest absolute Gasteiger partial charge is 0.756 e. The van der Waals surface area contributed by atoms with E-state index in [4.69, 9.17) is 13.8 Å². The minimum absolute atomic E-state index is 0.0206. The smallest absolute Gasteiger partial charge is 0.306 e. The molecule has 0 rings (SSSR count). The van der Waals surface area contributed by atoms with Crippen molar-refractivity contribution in [1.82, 2.24) is 5.32 Å². The summed E-state index contributed by atoms with van der Waals surface area (Å²) in [6.07, 6.45) is 71.2. The van der Waals surface area contributed by atoms with Gasteiger partial charge in [0.05, 0.1) is 33.8 Å². The molecule has 1 N–H and O–H groups in total. The average Bonchev–Trinajstić information content (AvgIpc) is 3.40. The molecule has 0 saturated carbocycles. The molecule has 3 atom stereocenters. The number of esters is 1. The molecule has 9 nitrogen and oxygen atoms in total. The summed E-state index contributed by atoms with van der Waals surface area (Å²) >= 11 is 0. The molecule has 0 aliphatic heterocycles. The van der Waals surface area contributed by atoms with Gasteiger partial charge in [-0.05, 0) is 83.1 Å². The summed E-state index contributed by atoms with van der Waals surface area (Å²) in [4.78, 5) is 40.1. The van der Waals surface area contributed by atoms with Crippen LogP contribution >= 0.6 is 7.82 Å². The zero-order valence-electron chi connectivity index (χ0n) is 52.6. The van der Waals surface area contributed by atoms with Crippen LogP contribution in [0.2, 0.25) is 0 Å². The third kappa shape index (κ3) is 58.9. The maximum atomic E-state index is 13.6. The monoisotopic (exact) mass is 1120 g/mol. The second-order valence-electron chi connectivity index (χ2n) is 24.3. The number of carbonyl (C=O) groups excluding carboxylic acids is 2. The first-order valence-corrected chi connectivity index (χ1v) is 35.3. The topological polar surface area (TPSA) is 114 Å². The quantitative estimate of drug-likeness (QED) is 0.0212. The average molecular weight is 1120 g/mol. The summed E-state index contributed by atoms with van der Waals surface area (Å²) in [5, 5.41) is 3.04. The van der Waals surface area contributed by atoms with Gasteiger partial charge in [-0.25, -0.2) is 0 Å². The van der Waals surface area contributed by atoms with E-state index in [1.54, 1.807) is 0 Å². The highest BCUT2D eigenvalue weighted by Gasteiger charge is 2.27. The fraction of sp³-hybridized carbons (Fsp3) is 0.882. The van der Waals surface area contributed by atoms with Crippen LogP contribution in [0, 0.1) is 0 Å². The van der Waals surface area contributed by atoms with Crippen LogP contribution in [0.4, 0.5) is 0 Å². The summed E-state index contributed by atoms with van der Waals surface area (Å²) in [6.45, 7) is 6.87. The third-order valence-electron chi connectivity index (χ3n) is 15.3. The standard InChI is InChI=1S/C68H131N2O7P/c1-7-10-13-16-19-22-25-28-30-31-32-33-34-35-36-37-38-39-41-42-45-48-51-54-57-60-67(71)69-65(64-76-78(73,74)75-63-62-70(4,5)6)66(59-56-53-50-47-44-27-24-21-18-15-12-9-3)77-68(72)61-58-55-52-49-46-43-40-29-26-23-20-17-14-11-8-2/h23,26,28,30,56,59,65-66H,7-22,24-25,27,29,31-55,57-58,60-64H2,1-6H3,(H-,69,71,73,74)/b26-23-,30-28+,59-56-. The van der Waals surface area contributed by atoms with E-state index >= 15 is 0 Å². The van der Waals surface area contributed by atoms with Crippen LogP contribution in [0.15, 0.2) is 36.5 Å². The molecule has 0 aliphatic carbocycles. The number of nitrogens with zero attached hydrogens (tertiary/aromatic N) is 1. The second kappa shape index (κ2) is 58.4. The summed E-state index contributed by atoms with van der Waals surface area (Å²) in [7, 11) is 1.20. The van der Waals surface area contributed by atoms with E-state index in [0.717, 1.165) is 70.6 Å². The van der Waals surface area contributed by atoms with Gasteiger partial charge in [-0.2, -0.15) is 0 Å². The number of ether oxygens (including phenoxy) is 1. The molecule has 0 bridgehead atoms. The highest BCUT2D eigenvalue weighted by molar-refractivity contribution is 7.45. The van der Waals surface area contributed by atoms with Gasteiger partial charge in [0.2, 0.25) is 5.91 Å². The SMILES string of the molecule is CCCCCC/C=C\CCCCCCCCCC(=O)OC(/C=C\CCCCCCCCCCCC)C(COP(=O)([O-])OCC[N+](C)(C)C)NC(=O)CCCCCCCCCCCCCCCCC/C=C/CCCCCCCC. The van der Waals surface area contributed by atoms with E-state index < -0.39 is 20.0 Å². The van der Waals surface area contributed by atoms with E-state index in [2.05, 4.69) is 50.4 Å². The van der Waals surface area contributed by atoms with Gasteiger partial charge in [-0.1, -0.05) is 276 Å². The zero-order valence-corrected chi connectivity index (χ0v) is 53.5. The molecule has 0 radical (unpaired) electrons. The molecular weight excluding hydrogens is 988 g/mol. The Labute approximate surface area is 485 Å². The molecule has 0 aliphatic rings. The maximum Gasteiger partial charge on any atom is 0.306 e. The number of phosphoric acid groups is 1. The van der Waals surface area contributed by atoms with E-state index in [1.165, 1.54) is 231 Å². The Morgan fingerprint density at radius 1 is 0.436 bits per heavy atom. The van der Waals surface area contributed by atoms with Crippen molar-refractivity contribution >= 4 is 19.7 Å². The van der Waals surface area contributed by atoms with E-state index in [1.807, 2.05) is 33.3 Å². The molecule has 0 aromatic carbocycles. The van der Waals surface area contributed by atoms with Crippen LogP contribution in [0.1, 0.15) is 335 Å². The Kier molecular flexibility index (Phi) is 57.1. The summed E-state index contributed by atoms with van der Waals surface area (Å²) in [5.74, 6) is -0.531. The fourth-order valence-electron chi connectivity index (χ4n) is 10.0. The Morgan fingerprint density at radius 3 is 1.10 bits per heavy atom. The second-order valence-corrected chi connectivity index (χ2v) is 25.7. The number of nitrogens with one attached hydrogen (secondary N) is 1.